The Hall–Kier alpha value is -1.93. The Morgan fingerprint density at radius 3 is 3.30 bits per heavy atom. The first kappa shape index (κ1) is 14.6. The summed E-state index contributed by atoms with van der Waals surface area (Å²) in [4.78, 5) is 27.5. The van der Waals surface area contributed by atoms with E-state index < -0.39 is 0 Å². The SMILES string of the molecule is O=C(Nc1nc2c(s1)COCC2)N1CCCC(c2ncc[nH]2)C1. The summed E-state index contributed by atoms with van der Waals surface area (Å²) in [7, 11) is 0. The van der Waals surface area contributed by atoms with Gasteiger partial charge in [-0.25, -0.2) is 14.8 Å². The third-order valence-electron chi connectivity index (χ3n) is 4.32. The van der Waals surface area contributed by atoms with E-state index in [0.717, 1.165) is 42.2 Å². The lowest BCUT2D eigenvalue weighted by molar-refractivity contribution is 0.112. The number of likely N-dealkylation sites (tertiary alicyclic amines) is 1. The summed E-state index contributed by atoms with van der Waals surface area (Å²) in [5.74, 6) is 1.24. The van der Waals surface area contributed by atoms with Crippen molar-refractivity contribution in [2.75, 3.05) is 25.0 Å². The lowest BCUT2D eigenvalue weighted by Gasteiger charge is -2.31. The van der Waals surface area contributed by atoms with Crippen LogP contribution in [0.1, 0.15) is 35.2 Å². The minimum Gasteiger partial charge on any atom is -0.375 e. The van der Waals surface area contributed by atoms with Crippen molar-refractivity contribution in [3.8, 4) is 0 Å². The molecule has 0 aromatic carbocycles. The van der Waals surface area contributed by atoms with Gasteiger partial charge in [-0.1, -0.05) is 11.3 Å². The molecule has 8 heteroatoms. The van der Waals surface area contributed by atoms with Crippen LogP contribution < -0.4 is 5.32 Å². The lowest BCUT2D eigenvalue weighted by atomic mass is 9.98. The van der Waals surface area contributed by atoms with Crippen molar-refractivity contribution in [2.45, 2.75) is 31.8 Å². The van der Waals surface area contributed by atoms with Gasteiger partial charge in [0.05, 0.1) is 23.8 Å². The highest BCUT2D eigenvalue weighted by atomic mass is 32.1. The molecular weight excluding hydrogens is 314 g/mol. The van der Waals surface area contributed by atoms with E-state index in [9.17, 15) is 4.79 Å². The first-order chi connectivity index (χ1) is 11.3. The van der Waals surface area contributed by atoms with Gasteiger partial charge >= 0.3 is 6.03 Å². The van der Waals surface area contributed by atoms with E-state index in [-0.39, 0.29) is 11.9 Å². The summed E-state index contributed by atoms with van der Waals surface area (Å²) < 4.78 is 5.42. The van der Waals surface area contributed by atoms with Crippen LogP contribution in [0.25, 0.3) is 0 Å². The first-order valence-electron chi connectivity index (χ1n) is 7.91. The van der Waals surface area contributed by atoms with Gasteiger partial charge in [0.15, 0.2) is 5.13 Å². The molecule has 2 aromatic rings. The van der Waals surface area contributed by atoms with Crippen LogP contribution in [0.5, 0.6) is 0 Å². The molecular formula is C15H19N5O2S. The molecule has 0 saturated carbocycles. The van der Waals surface area contributed by atoms with Crippen LogP contribution in [-0.4, -0.2) is 45.6 Å². The highest BCUT2D eigenvalue weighted by Gasteiger charge is 2.27. The Bertz CT molecular complexity index is 661. The Balaban J connectivity index is 1.41. The number of nitrogens with zero attached hydrogens (tertiary/aromatic N) is 3. The number of ether oxygens (including phenoxy) is 1. The topological polar surface area (TPSA) is 83.1 Å². The van der Waals surface area contributed by atoms with Crippen LogP contribution >= 0.6 is 11.3 Å². The number of carbonyl (C=O) groups is 1. The molecule has 1 saturated heterocycles. The van der Waals surface area contributed by atoms with Gasteiger partial charge in [-0.05, 0) is 12.8 Å². The van der Waals surface area contributed by atoms with Crippen molar-refractivity contribution in [3.05, 3.63) is 28.8 Å². The van der Waals surface area contributed by atoms with Crippen molar-refractivity contribution in [1.82, 2.24) is 19.9 Å². The van der Waals surface area contributed by atoms with Gasteiger partial charge in [0.1, 0.15) is 5.82 Å². The third kappa shape index (κ3) is 3.09. The van der Waals surface area contributed by atoms with E-state index in [1.54, 1.807) is 6.20 Å². The van der Waals surface area contributed by atoms with E-state index in [4.69, 9.17) is 4.74 Å². The number of rotatable bonds is 2. The molecule has 0 radical (unpaired) electrons. The number of aromatic amines is 1. The van der Waals surface area contributed by atoms with E-state index >= 15 is 0 Å². The molecule has 1 atom stereocenters. The number of thiazole rings is 1. The molecule has 0 aliphatic carbocycles. The van der Waals surface area contributed by atoms with Crippen LogP contribution in [0.2, 0.25) is 0 Å². The van der Waals surface area contributed by atoms with Crippen LogP contribution in [0.4, 0.5) is 9.93 Å². The zero-order chi connectivity index (χ0) is 15.6. The predicted octanol–water partition coefficient (Wildman–Crippen LogP) is 2.35. The Labute approximate surface area is 138 Å². The minimum atomic E-state index is -0.0757. The van der Waals surface area contributed by atoms with Gasteiger partial charge in [0, 0.05) is 37.8 Å². The van der Waals surface area contributed by atoms with Gasteiger partial charge in [-0.2, -0.15) is 0 Å². The number of piperidine rings is 1. The fraction of sp³-hybridized carbons (Fsp3) is 0.533. The van der Waals surface area contributed by atoms with Crippen molar-refractivity contribution in [2.24, 2.45) is 0 Å². The maximum absolute atomic E-state index is 12.5. The van der Waals surface area contributed by atoms with Gasteiger partial charge in [-0.3, -0.25) is 5.32 Å². The van der Waals surface area contributed by atoms with Crippen LogP contribution in [0, 0.1) is 0 Å². The molecule has 2 aromatic heterocycles. The van der Waals surface area contributed by atoms with Crippen molar-refractivity contribution in [3.63, 3.8) is 0 Å². The standard InChI is InChI=1S/C15H19N5O2S/c21-15(19-14-18-11-3-7-22-9-12(11)23-14)20-6-1-2-10(8-20)13-16-4-5-17-13/h4-5,10H,1-3,6-9H2,(H,16,17)(H,18,19,21). The molecule has 0 bridgehead atoms. The number of hydrogen-bond donors (Lipinski definition) is 2. The largest absolute Gasteiger partial charge is 0.375 e. The lowest BCUT2D eigenvalue weighted by Crippen LogP contribution is -2.41. The van der Waals surface area contributed by atoms with Gasteiger partial charge in [0.2, 0.25) is 0 Å². The fourth-order valence-corrected chi connectivity index (χ4v) is 4.07. The molecule has 2 aliphatic heterocycles. The quantitative estimate of drug-likeness (QED) is 0.884. The number of urea groups is 1. The van der Waals surface area contributed by atoms with E-state index in [2.05, 4.69) is 20.3 Å². The number of nitrogens with one attached hydrogen (secondary N) is 2. The smallest absolute Gasteiger partial charge is 0.323 e. The monoisotopic (exact) mass is 333 g/mol. The van der Waals surface area contributed by atoms with Crippen molar-refractivity contribution in [1.29, 1.82) is 0 Å². The average Bonchev–Trinajstić information content (AvgIpc) is 3.24. The zero-order valence-corrected chi connectivity index (χ0v) is 13.6. The maximum Gasteiger partial charge on any atom is 0.323 e. The van der Waals surface area contributed by atoms with Crippen LogP contribution in [-0.2, 0) is 17.8 Å². The van der Waals surface area contributed by atoms with Crippen LogP contribution in [0.15, 0.2) is 12.4 Å². The number of carbonyl (C=O) groups excluding carboxylic acids is 1. The van der Waals surface area contributed by atoms with E-state index in [0.29, 0.717) is 24.9 Å². The average molecular weight is 333 g/mol. The second kappa shape index (κ2) is 6.29. The third-order valence-corrected chi connectivity index (χ3v) is 5.31. The molecule has 7 nitrogen and oxygen atoms in total. The summed E-state index contributed by atoms with van der Waals surface area (Å²) >= 11 is 1.51. The first-order valence-corrected chi connectivity index (χ1v) is 8.73. The molecule has 2 aliphatic rings. The predicted molar refractivity (Wildman–Crippen MR) is 86.6 cm³/mol. The van der Waals surface area contributed by atoms with Crippen molar-refractivity contribution >= 4 is 22.5 Å². The Morgan fingerprint density at radius 1 is 1.52 bits per heavy atom. The molecule has 23 heavy (non-hydrogen) atoms. The van der Waals surface area contributed by atoms with Crippen molar-refractivity contribution < 1.29 is 9.53 Å². The highest BCUT2D eigenvalue weighted by molar-refractivity contribution is 7.15. The van der Waals surface area contributed by atoms with Gasteiger partial charge < -0.3 is 14.6 Å². The molecule has 2 N–H and O–H groups in total. The Morgan fingerprint density at radius 2 is 2.48 bits per heavy atom. The number of amides is 2. The number of hydrogen-bond acceptors (Lipinski definition) is 5. The minimum absolute atomic E-state index is 0.0757. The molecule has 4 rings (SSSR count). The van der Waals surface area contributed by atoms with Gasteiger partial charge in [-0.15, -0.1) is 0 Å². The molecule has 4 heterocycles. The molecule has 0 spiro atoms. The Kier molecular flexibility index (Phi) is 4.00. The molecule has 1 fully saturated rings. The van der Waals surface area contributed by atoms with Gasteiger partial charge in [0.25, 0.3) is 0 Å². The zero-order valence-electron chi connectivity index (χ0n) is 12.7. The summed E-state index contributed by atoms with van der Waals surface area (Å²) in [6.45, 7) is 2.78. The summed E-state index contributed by atoms with van der Waals surface area (Å²) in [6.07, 6.45) is 6.46. The molecule has 122 valence electrons. The molecule has 1 unspecified atom stereocenters. The fourth-order valence-electron chi connectivity index (χ4n) is 3.13. The number of H-pyrrole nitrogens is 1. The normalized spacial score (nSPS) is 21.0. The molecule has 2 amide bonds. The van der Waals surface area contributed by atoms with E-state index in [1.807, 2.05) is 11.1 Å². The maximum atomic E-state index is 12.5. The highest BCUT2D eigenvalue weighted by Crippen LogP contribution is 2.28. The number of aromatic nitrogens is 3. The second-order valence-electron chi connectivity index (χ2n) is 5.88. The summed E-state index contributed by atoms with van der Waals surface area (Å²) in [5, 5.41) is 3.61. The summed E-state index contributed by atoms with van der Waals surface area (Å²) in [6, 6.07) is -0.0757. The van der Waals surface area contributed by atoms with Crippen LogP contribution in [0.3, 0.4) is 0 Å². The number of anilines is 1. The summed E-state index contributed by atoms with van der Waals surface area (Å²) in [5.41, 5.74) is 1.06. The van der Waals surface area contributed by atoms with E-state index in [1.165, 1.54) is 11.3 Å². The number of fused-ring (bicyclic) bond motifs is 1. The number of imidazole rings is 1. The second-order valence-corrected chi connectivity index (χ2v) is 6.96.